The van der Waals surface area contributed by atoms with Crippen LogP contribution in [0.1, 0.15) is 5.69 Å². The Morgan fingerprint density at radius 1 is 1.89 bits per heavy atom. The summed E-state index contributed by atoms with van der Waals surface area (Å²) >= 11 is 0. The second kappa shape index (κ2) is 2.50. The molecule has 0 fully saturated rings. The number of anilines is 1. The van der Waals surface area contributed by atoms with Gasteiger partial charge < -0.3 is 15.5 Å². The van der Waals surface area contributed by atoms with Crippen LogP contribution in [0.25, 0.3) is 0 Å². The van der Waals surface area contributed by atoms with Crippen LogP contribution < -0.4 is 5.73 Å². The number of nitrogens with one attached hydrogen (secondary N) is 1. The number of hydrogen-bond acceptors (Lipinski definition) is 3. The molecule has 4 nitrogen and oxygen atoms in total. The van der Waals surface area contributed by atoms with E-state index in [4.69, 9.17) is 10.5 Å². The Morgan fingerprint density at radius 2 is 2.67 bits per heavy atom. The van der Waals surface area contributed by atoms with Crippen molar-refractivity contribution >= 4 is 5.95 Å². The molecule has 1 heterocycles. The van der Waals surface area contributed by atoms with Gasteiger partial charge in [0.15, 0.2) is 5.95 Å². The van der Waals surface area contributed by atoms with E-state index in [1.54, 1.807) is 13.3 Å². The SMILES string of the molecule is COCc1cnc(N)[nH]1. The van der Waals surface area contributed by atoms with E-state index in [-0.39, 0.29) is 0 Å². The number of methoxy groups -OCH3 is 1. The number of aromatic amines is 1. The number of rotatable bonds is 2. The van der Waals surface area contributed by atoms with E-state index in [1.165, 1.54) is 0 Å². The molecule has 9 heavy (non-hydrogen) atoms. The van der Waals surface area contributed by atoms with Gasteiger partial charge in [-0.3, -0.25) is 0 Å². The van der Waals surface area contributed by atoms with Crippen LogP contribution in [0.5, 0.6) is 0 Å². The Kier molecular flexibility index (Phi) is 1.69. The van der Waals surface area contributed by atoms with E-state index in [1.807, 2.05) is 0 Å². The van der Waals surface area contributed by atoms with Crippen molar-refractivity contribution in [3.05, 3.63) is 11.9 Å². The lowest BCUT2D eigenvalue weighted by Crippen LogP contribution is -1.89. The van der Waals surface area contributed by atoms with Gasteiger partial charge in [0.05, 0.1) is 18.5 Å². The average molecular weight is 127 g/mol. The van der Waals surface area contributed by atoms with Crippen LogP contribution in [-0.2, 0) is 11.3 Å². The molecule has 0 aromatic carbocycles. The average Bonchev–Trinajstić information content (AvgIpc) is 2.17. The summed E-state index contributed by atoms with van der Waals surface area (Å²) in [5.41, 5.74) is 6.18. The summed E-state index contributed by atoms with van der Waals surface area (Å²) in [6.07, 6.45) is 1.65. The van der Waals surface area contributed by atoms with Crippen molar-refractivity contribution in [2.75, 3.05) is 12.8 Å². The molecular formula is C5H9N3O. The predicted octanol–water partition coefficient (Wildman–Crippen LogP) is 0.138. The first kappa shape index (κ1) is 6.10. The molecule has 0 radical (unpaired) electrons. The van der Waals surface area contributed by atoms with Crippen molar-refractivity contribution in [1.82, 2.24) is 9.97 Å². The fourth-order valence-electron chi connectivity index (χ4n) is 0.605. The molecule has 0 aliphatic carbocycles. The smallest absolute Gasteiger partial charge is 0.197 e. The number of imidazole rings is 1. The summed E-state index contributed by atoms with van der Waals surface area (Å²) < 4.78 is 4.81. The molecule has 50 valence electrons. The van der Waals surface area contributed by atoms with Gasteiger partial charge in [0, 0.05) is 7.11 Å². The third-order valence-electron chi connectivity index (χ3n) is 0.948. The molecule has 0 atom stereocenters. The molecule has 0 aliphatic heterocycles. The van der Waals surface area contributed by atoms with E-state index < -0.39 is 0 Å². The monoisotopic (exact) mass is 127 g/mol. The van der Waals surface area contributed by atoms with E-state index in [9.17, 15) is 0 Å². The predicted molar refractivity (Wildman–Crippen MR) is 33.7 cm³/mol. The van der Waals surface area contributed by atoms with Crippen LogP contribution >= 0.6 is 0 Å². The highest BCUT2D eigenvalue weighted by Gasteiger charge is 1.92. The summed E-state index contributed by atoms with van der Waals surface area (Å²) in [6.45, 7) is 0.532. The van der Waals surface area contributed by atoms with Crippen molar-refractivity contribution in [2.24, 2.45) is 0 Å². The van der Waals surface area contributed by atoms with Gasteiger partial charge in [0.1, 0.15) is 0 Å². The summed E-state index contributed by atoms with van der Waals surface area (Å²) in [7, 11) is 1.62. The van der Waals surface area contributed by atoms with Crippen molar-refractivity contribution in [2.45, 2.75) is 6.61 Å². The number of aromatic nitrogens is 2. The molecule has 3 N–H and O–H groups in total. The van der Waals surface area contributed by atoms with Crippen LogP contribution in [-0.4, -0.2) is 17.1 Å². The Bertz CT molecular complexity index is 184. The maximum atomic E-state index is 5.29. The lowest BCUT2D eigenvalue weighted by atomic mass is 10.5. The van der Waals surface area contributed by atoms with Gasteiger partial charge in [0.2, 0.25) is 0 Å². The van der Waals surface area contributed by atoms with Crippen molar-refractivity contribution in [3.8, 4) is 0 Å². The maximum absolute atomic E-state index is 5.29. The highest BCUT2D eigenvalue weighted by atomic mass is 16.5. The van der Waals surface area contributed by atoms with Crippen LogP contribution in [0.15, 0.2) is 6.20 Å². The topological polar surface area (TPSA) is 63.9 Å². The van der Waals surface area contributed by atoms with Gasteiger partial charge in [-0.2, -0.15) is 0 Å². The van der Waals surface area contributed by atoms with Gasteiger partial charge in [0.25, 0.3) is 0 Å². The fraction of sp³-hybridized carbons (Fsp3) is 0.400. The number of H-pyrrole nitrogens is 1. The lowest BCUT2D eigenvalue weighted by Gasteiger charge is -1.90. The Labute approximate surface area is 53.0 Å². The highest BCUT2D eigenvalue weighted by molar-refractivity contribution is 5.17. The molecule has 0 amide bonds. The summed E-state index contributed by atoms with van der Waals surface area (Å²) in [5.74, 6) is 0.432. The molecule has 1 rings (SSSR count). The number of hydrogen-bond donors (Lipinski definition) is 2. The molecule has 0 aliphatic rings. The van der Waals surface area contributed by atoms with Crippen LogP contribution in [0.2, 0.25) is 0 Å². The minimum atomic E-state index is 0.432. The Hall–Kier alpha value is -1.03. The normalized spacial score (nSPS) is 9.89. The van der Waals surface area contributed by atoms with Crippen molar-refractivity contribution in [1.29, 1.82) is 0 Å². The van der Waals surface area contributed by atoms with Crippen LogP contribution in [0.4, 0.5) is 5.95 Å². The zero-order valence-corrected chi connectivity index (χ0v) is 5.22. The van der Waals surface area contributed by atoms with Gasteiger partial charge in [-0.15, -0.1) is 0 Å². The minimum absolute atomic E-state index is 0.432. The molecular weight excluding hydrogens is 118 g/mol. The molecule has 0 unspecified atom stereocenters. The third-order valence-corrected chi connectivity index (χ3v) is 0.948. The lowest BCUT2D eigenvalue weighted by molar-refractivity contribution is 0.182. The van der Waals surface area contributed by atoms with Crippen molar-refractivity contribution < 1.29 is 4.74 Å². The van der Waals surface area contributed by atoms with Crippen LogP contribution in [0, 0.1) is 0 Å². The molecule has 0 saturated carbocycles. The summed E-state index contributed by atoms with van der Waals surface area (Å²) in [5, 5.41) is 0. The standard InChI is InChI=1S/C5H9N3O/c1-9-3-4-2-7-5(6)8-4/h2H,3H2,1H3,(H3,6,7,8). The van der Waals surface area contributed by atoms with Gasteiger partial charge in [-0.05, 0) is 0 Å². The molecule has 1 aromatic rings. The van der Waals surface area contributed by atoms with E-state index in [0.29, 0.717) is 12.6 Å². The molecule has 1 aromatic heterocycles. The van der Waals surface area contributed by atoms with E-state index in [2.05, 4.69) is 9.97 Å². The molecule has 0 saturated heterocycles. The van der Waals surface area contributed by atoms with E-state index in [0.717, 1.165) is 5.69 Å². The van der Waals surface area contributed by atoms with Gasteiger partial charge >= 0.3 is 0 Å². The zero-order chi connectivity index (χ0) is 6.69. The second-order valence-electron chi connectivity index (χ2n) is 1.73. The molecule has 0 spiro atoms. The first-order chi connectivity index (χ1) is 4.33. The third kappa shape index (κ3) is 1.43. The Morgan fingerprint density at radius 3 is 3.11 bits per heavy atom. The number of nitrogens with two attached hydrogens (primary N) is 1. The van der Waals surface area contributed by atoms with Crippen LogP contribution in [0.3, 0.4) is 0 Å². The number of ether oxygens (including phenoxy) is 1. The summed E-state index contributed by atoms with van der Waals surface area (Å²) in [4.78, 5) is 6.60. The summed E-state index contributed by atoms with van der Waals surface area (Å²) in [6, 6.07) is 0. The maximum Gasteiger partial charge on any atom is 0.197 e. The first-order valence-corrected chi connectivity index (χ1v) is 2.61. The second-order valence-corrected chi connectivity index (χ2v) is 1.73. The van der Waals surface area contributed by atoms with Gasteiger partial charge in [-0.1, -0.05) is 0 Å². The molecule has 4 heteroatoms. The highest BCUT2D eigenvalue weighted by Crippen LogP contribution is 1.97. The quantitative estimate of drug-likeness (QED) is 0.593. The number of nitrogen functional groups attached to an aromatic ring is 1. The van der Waals surface area contributed by atoms with Gasteiger partial charge in [-0.25, -0.2) is 4.98 Å². The first-order valence-electron chi connectivity index (χ1n) is 2.61. The Balaban J connectivity index is 2.61. The van der Waals surface area contributed by atoms with Crippen molar-refractivity contribution in [3.63, 3.8) is 0 Å². The fourth-order valence-corrected chi connectivity index (χ4v) is 0.605. The minimum Gasteiger partial charge on any atom is -0.378 e. The number of nitrogens with zero attached hydrogens (tertiary/aromatic N) is 1. The largest absolute Gasteiger partial charge is 0.378 e. The van der Waals surface area contributed by atoms with E-state index >= 15 is 0 Å². The zero-order valence-electron chi connectivity index (χ0n) is 5.22. The molecule has 0 bridgehead atoms.